The van der Waals surface area contributed by atoms with E-state index in [1.807, 2.05) is 17.0 Å². The quantitative estimate of drug-likeness (QED) is 0.529. The van der Waals surface area contributed by atoms with Crippen LogP contribution >= 0.6 is 27.7 Å². The topological polar surface area (TPSA) is 51.0 Å². The largest absolute Gasteiger partial charge is 0.342 e. The molecule has 2 heterocycles. The van der Waals surface area contributed by atoms with Crippen molar-refractivity contribution in [1.82, 2.24) is 19.7 Å². The van der Waals surface area contributed by atoms with Crippen molar-refractivity contribution in [1.29, 1.82) is 0 Å². The summed E-state index contributed by atoms with van der Waals surface area (Å²) in [6.45, 7) is 4.05. The first-order chi connectivity index (χ1) is 14.1. The number of halogens is 1. The molecule has 29 heavy (non-hydrogen) atoms. The number of carbonyl (C=O) groups excluding carboxylic acids is 1. The van der Waals surface area contributed by atoms with E-state index in [2.05, 4.69) is 49.8 Å². The minimum atomic E-state index is 0.227. The Bertz CT molecular complexity index is 824. The molecular weight excluding hydrogens is 448 g/mol. The van der Waals surface area contributed by atoms with Crippen LogP contribution in [0.5, 0.6) is 0 Å². The molecule has 1 saturated carbocycles. The molecule has 0 spiro atoms. The summed E-state index contributed by atoms with van der Waals surface area (Å²) in [6, 6.07) is 8.68. The summed E-state index contributed by atoms with van der Waals surface area (Å²) in [6.07, 6.45) is 8.35. The normalized spacial score (nSPS) is 18.9. The fourth-order valence-corrected chi connectivity index (χ4v) is 5.49. The van der Waals surface area contributed by atoms with E-state index in [0.29, 0.717) is 11.8 Å². The predicted molar refractivity (Wildman–Crippen MR) is 121 cm³/mol. The van der Waals surface area contributed by atoms with E-state index < -0.39 is 0 Å². The Hall–Kier alpha value is -1.34. The van der Waals surface area contributed by atoms with Crippen LogP contribution in [0.1, 0.15) is 57.9 Å². The van der Waals surface area contributed by atoms with Crippen molar-refractivity contribution in [3.63, 3.8) is 0 Å². The van der Waals surface area contributed by atoms with Crippen LogP contribution in [0.3, 0.4) is 0 Å². The number of piperidine rings is 1. The van der Waals surface area contributed by atoms with Crippen LogP contribution in [0.25, 0.3) is 11.4 Å². The van der Waals surface area contributed by atoms with Gasteiger partial charge in [0.25, 0.3) is 0 Å². The predicted octanol–water partition coefficient (Wildman–Crippen LogP) is 5.56. The van der Waals surface area contributed by atoms with Crippen LogP contribution in [-0.2, 0) is 4.79 Å². The molecule has 1 aliphatic carbocycles. The fraction of sp³-hybridized carbons (Fsp3) is 0.591. The van der Waals surface area contributed by atoms with Gasteiger partial charge in [-0.1, -0.05) is 66.0 Å². The van der Waals surface area contributed by atoms with Gasteiger partial charge in [0, 0.05) is 29.2 Å². The number of amides is 1. The van der Waals surface area contributed by atoms with Crippen LogP contribution in [0.15, 0.2) is 33.9 Å². The SMILES string of the molecule is CC1CCN(C(=O)CSc2nnc(-c3ccc(Br)cc3)n2C2CCCCC2)CC1. The lowest BCUT2D eigenvalue weighted by atomic mass is 9.95. The summed E-state index contributed by atoms with van der Waals surface area (Å²) in [5.41, 5.74) is 1.08. The zero-order valence-corrected chi connectivity index (χ0v) is 19.4. The maximum absolute atomic E-state index is 12.7. The summed E-state index contributed by atoms with van der Waals surface area (Å²) in [5.74, 6) is 2.32. The number of rotatable bonds is 5. The van der Waals surface area contributed by atoms with Crippen molar-refractivity contribution in [2.45, 2.75) is 63.1 Å². The second-order valence-corrected chi connectivity index (χ2v) is 10.2. The number of benzene rings is 1. The van der Waals surface area contributed by atoms with E-state index in [0.717, 1.165) is 65.7 Å². The Morgan fingerprint density at radius 2 is 1.76 bits per heavy atom. The molecule has 2 fully saturated rings. The van der Waals surface area contributed by atoms with Crippen molar-refractivity contribution in [3.8, 4) is 11.4 Å². The van der Waals surface area contributed by atoms with Crippen LogP contribution in [0, 0.1) is 5.92 Å². The standard InChI is InChI=1S/C22H29BrN4OS/c1-16-11-13-26(14-12-16)20(28)15-29-22-25-24-21(17-7-9-18(23)10-8-17)27(22)19-5-3-2-4-6-19/h7-10,16,19H,2-6,11-15H2,1H3. The number of nitrogens with zero attached hydrogens (tertiary/aromatic N) is 4. The minimum absolute atomic E-state index is 0.227. The third-order valence-corrected chi connectivity index (χ3v) is 7.62. The molecule has 5 nitrogen and oxygen atoms in total. The lowest BCUT2D eigenvalue weighted by Crippen LogP contribution is -2.39. The molecule has 0 radical (unpaired) electrons. The van der Waals surface area contributed by atoms with E-state index in [1.165, 1.54) is 19.3 Å². The molecule has 2 aromatic rings. The van der Waals surface area contributed by atoms with Gasteiger partial charge in [-0.3, -0.25) is 9.36 Å². The van der Waals surface area contributed by atoms with Gasteiger partial charge in [-0.15, -0.1) is 10.2 Å². The Labute approximate surface area is 185 Å². The molecule has 0 unspecified atom stereocenters. The van der Waals surface area contributed by atoms with E-state index in [-0.39, 0.29) is 5.91 Å². The molecule has 7 heteroatoms. The molecule has 1 amide bonds. The van der Waals surface area contributed by atoms with Gasteiger partial charge in [0.1, 0.15) is 0 Å². The molecule has 0 bridgehead atoms. The molecule has 1 saturated heterocycles. The summed E-state index contributed by atoms with van der Waals surface area (Å²) >= 11 is 5.06. The number of carbonyl (C=O) groups is 1. The fourth-order valence-electron chi connectivity index (χ4n) is 4.32. The Balaban J connectivity index is 1.53. The monoisotopic (exact) mass is 476 g/mol. The zero-order valence-electron chi connectivity index (χ0n) is 17.0. The number of aromatic nitrogens is 3. The number of hydrogen-bond acceptors (Lipinski definition) is 4. The lowest BCUT2D eigenvalue weighted by molar-refractivity contribution is -0.129. The third-order valence-electron chi connectivity index (χ3n) is 6.17. The van der Waals surface area contributed by atoms with Gasteiger partial charge in [0.15, 0.2) is 11.0 Å². The van der Waals surface area contributed by atoms with Gasteiger partial charge in [-0.05, 0) is 43.7 Å². The van der Waals surface area contributed by atoms with Gasteiger partial charge >= 0.3 is 0 Å². The maximum atomic E-state index is 12.7. The average Bonchev–Trinajstić information content (AvgIpc) is 3.17. The molecule has 0 atom stereocenters. The number of hydrogen-bond donors (Lipinski definition) is 0. The molecule has 4 rings (SSSR count). The average molecular weight is 477 g/mol. The summed E-state index contributed by atoms with van der Waals surface area (Å²) in [7, 11) is 0. The molecule has 1 aromatic heterocycles. The van der Waals surface area contributed by atoms with Crippen molar-refractivity contribution in [2.75, 3.05) is 18.8 Å². The molecule has 1 aliphatic heterocycles. The lowest BCUT2D eigenvalue weighted by Gasteiger charge is -2.30. The van der Waals surface area contributed by atoms with Gasteiger partial charge in [0.05, 0.1) is 5.75 Å². The second kappa shape index (κ2) is 9.65. The van der Waals surface area contributed by atoms with Gasteiger partial charge in [-0.2, -0.15) is 0 Å². The highest BCUT2D eigenvalue weighted by Crippen LogP contribution is 2.36. The van der Waals surface area contributed by atoms with Gasteiger partial charge < -0.3 is 4.90 Å². The molecule has 0 N–H and O–H groups in total. The first-order valence-electron chi connectivity index (χ1n) is 10.7. The van der Waals surface area contributed by atoms with E-state index in [9.17, 15) is 4.79 Å². The highest BCUT2D eigenvalue weighted by atomic mass is 79.9. The summed E-state index contributed by atoms with van der Waals surface area (Å²) < 4.78 is 3.36. The number of thioether (sulfide) groups is 1. The smallest absolute Gasteiger partial charge is 0.233 e. The zero-order chi connectivity index (χ0) is 20.2. The van der Waals surface area contributed by atoms with Crippen LogP contribution < -0.4 is 0 Å². The Kier molecular flexibility index (Phi) is 6.96. The van der Waals surface area contributed by atoms with Gasteiger partial charge in [-0.25, -0.2) is 0 Å². The highest BCUT2D eigenvalue weighted by molar-refractivity contribution is 9.10. The van der Waals surface area contributed by atoms with Crippen LogP contribution in [-0.4, -0.2) is 44.4 Å². The molecular formula is C22H29BrN4OS. The van der Waals surface area contributed by atoms with Crippen LogP contribution in [0.4, 0.5) is 0 Å². The second-order valence-electron chi connectivity index (χ2n) is 8.33. The molecule has 156 valence electrons. The van der Waals surface area contributed by atoms with Crippen molar-refractivity contribution in [2.24, 2.45) is 5.92 Å². The van der Waals surface area contributed by atoms with Crippen molar-refractivity contribution >= 4 is 33.6 Å². The number of likely N-dealkylation sites (tertiary alicyclic amines) is 1. The van der Waals surface area contributed by atoms with Crippen molar-refractivity contribution in [3.05, 3.63) is 28.7 Å². The first kappa shape index (κ1) is 20.9. The van der Waals surface area contributed by atoms with Gasteiger partial charge in [0.2, 0.25) is 5.91 Å². The Morgan fingerprint density at radius 3 is 2.45 bits per heavy atom. The Morgan fingerprint density at radius 1 is 1.07 bits per heavy atom. The first-order valence-corrected chi connectivity index (χ1v) is 12.5. The van der Waals surface area contributed by atoms with Crippen molar-refractivity contribution < 1.29 is 4.79 Å². The maximum Gasteiger partial charge on any atom is 0.233 e. The molecule has 1 aromatic carbocycles. The van der Waals surface area contributed by atoms with E-state index >= 15 is 0 Å². The van der Waals surface area contributed by atoms with Crippen LogP contribution in [0.2, 0.25) is 0 Å². The summed E-state index contributed by atoms with van der Waals surface area (Å²) in [5, 5.41) is 9.94. The van der Waals surface area contributed by atoms with E-state index in [1.54, 1.807) is 11.8 Å². The highest BCUT2D eigenvalue weighted by Gasteiger charge is 2.26. The minimum Gasteiger partial charge on any atom is -0.342 e. The summed E-state index contributed by atoms with van der Waals surface area (Å²) in [4.78, 5) is 14.7. The third kappa shape index (κ3) is 5.05. The molecule has 2 aliphatic rings. The van der Waals surface area contributed by atoms with E-state index in [4.69, 9.17) is 0 Å².